The van der Waals surface area contributed by atoms with Crippen LogP contribution in [0.1, 0.15) is 47.2 Å². The molecular weight excluding hydrogens is 673 g/mol. The first-order valence-electron chi connectivity index (χ1n) is 13.6. The minimum atomic E-state index is -4.26. The highest BCUT2D eigenvalue weighted by molar-refractivity contribution is 14.1. The third-order valence-corrected chi connectivity index (χ3v) is 9.07. The van der Waals surface area contributed by atoms with Crippen molar-refractivity contribution in [2.24, 2.45) is 4.40 Å². The number of sulfonamides is 1. The molecule has 0 bridgehead atoms. The summed E-state index contributed by atoms with van der Waals surface area (Å²) in [7, 11) is -4.26. The molecule has 0 N–H and O–H groups in total. The highest BCUT2D eigenvalue weighted by Crippen LogP contribution is 2.27. The molecule has 4 aromatic carbocycles. The normalized spacial score (nSPS) is 12.6. The summed E-state index contributed by atoms with van der Waals surface area (Å²) in [5.74, 6) is 4.78. The van der Waals surface area contributed by atoms with Gasteiger partial charge in [0.1, 0.15) is 5.60 Å². The van der Waals surface area contributed by atoms with Gasteiger partial charge in [-0.3, -0.25) is 0 Å². The molecule has 0 spiro atoms. The van der Waals surface area contributed by atoms with Crippen LogP contribution in [0.4, 0.5) is 0 Å². The van der Waals surface area contributed by atoms with Gasteiger partial charge in [-0.15, -0.1) is 4.40 Å². The van der Waals surface area contributed by atoms with Crippen molar-refractivity contribution in [3.63, 3.8) is 0 Å². The maximum atomic E-state index is 13.8. The summed E-state index contributed by atoms with van der Waals surface area (Å²) in [5, 5.41) is 0. The second-order valence-electron chi connectivity index (χ2n) is 10.5. The van der Waals surface area contributed by atoms with Gasteiger partial charge in [-0.25, -0.2) is 4.79 Å². The quantitative estimate of drug-likeness (QED) is 0.0665. The Bertz CT molecular complexity index is 1800. The maximum Gasteiger partial charge on any atom is 0.361 e. The van der Waals surface area contributed by atoms with Gasteiger partial charge >= 0.3 is 5.97 Å². The number of hydrogen-bond donors (Lipinski definition) is 0. The summed E-state index contributed by atoms with van der Waals surface area (Å²) >= 11 is 2.08. The van der Waals surface area contributed by atoms with E-state index < -0.39 is 27.7 Å². The lowest BCUT2D eigenvalue weighted by Crippen LogP contribution is -2.35. The summed E-state index contributed by atoms with van der Waals surface area (Å²) < 4.78 is 44.6. The topological polar surface area (TPSA) is 82.0 Å². The molecule has 0 fully saturated rings. The molecule has 0 aliphatic heterocycles. The van der Waals surface area contributed by atoms with E-state index >= 15 is 0 Å². The molecule has 0 aromatic heterocycles. The summed E-state index contributed by atoms with van der Waals surface area (Å²) in [5.41, 5.74) is 2.87. The number of benzene rings is 4. The molecule has 1 atom stereocenters. The molecule has 0 unspecified atom stereocenters. The molecule has 0 saturated heterocycles. The van der Waals surface area contributed by atoms with Crippen LogP contribution in [0, 0.1) is 36.2 Å². The van der Waals surface area contributed by atoms with Crippen LogP contribution < -0.4 is 0 Å². The number of carbonyl (C=O) groups is 1. The third-order valence-electron chi connectivity index (χ3n) is 6.56. The van der Waals surface area contributed by atoms with E-state index in [1.54, 1.807) is 70.2 Å². The molecule has 4 aromatic rings. The zero-order chi connectivity index (χ0) is 31.2. The molecule has 43 heavy (non-hydrogen) atoms. The number of esters is 1. The second-order valence-corrected chi connectivity index (χ2v) is 13.2. The Hall–Kier alpha value is -3.94. The number of carbonyl (C=O) groups excluding carboxylic acids is 1. The molecule has 0 heterocycles. The van der Waals surface area contributed by atoms with Crippen LogP contribution in [-0.4, -0.2) is 26.4 Å². The Balaban J connectivity index is 1.83. The number of halogens is 1. The first-order chi connectivity index (χ1) is 20.4. The molecule has 0 amide bonds. The highest BCUT2D eigenvalue weighted by atomic mass is 127. The lowest BCUT2D eigenvalue weighted by molar-refractivity contribution is -0.163. The van der Waals surface area contributed by atoms with Crippen molar-refractivity contribution in [2.45, 2.75) is 51.2 Å². The van der Waals surface area contributed by atoms with Crippen LogP contribution >= 0.6 is 22.6 Å². The van der Waals surface area contributed by atoms with E-state index in [0.717, 1.165) is 11.1 Å². The monoisotopic (exact) mass is 705 g/mol. The predicted octanol–water partition coefficient (Wildman–Crippen LogP) is 7.27. The molecule has 8 heteroatoms. The van der Waals surface area contributed by atoms with Gasteiger partial charge in [0.25, 0.3) is 16.1 Å². The molecule has 220 valence electrons. The molecule has 0 aliphatic rings. The van der Waals surface area contributed by atoms with E-state index in [1.165, 1.54) is 0 Å². The SMILES string of the molecule is Cc1cc(C)c(S(=O)(=O)/N=C(\O[C@@H](C#Cc2ccccc2)C(=O)OC(C)(C)c2ccccc2)c2ccccc2I)c(C)c1. The van der Waals surface area contributed by atoms with Crippen molar-refractivity contribution < 1.29 is 22.7 Å². The number of hydrogen-bond acceptors (Lipinski definition) is 5. The van der Waals surface area contributed by atoms with Gasteiger partial charge in [-0.1, -0.05) is 84.3 Å². The standard InChI is InChI=1S/C35H32INO5S/c1-24-22-25(2)32(26(3)23-24)43(39,40)37-33(29-18-12-13-19-30(29)36)41-31(21-20-27-14-8-6-9-15-27)34(38)42-35(4,5)28-16-10-7-11-17-28/h6-19,22-23,31H,1-5H3/b37-33-/t31-/m0/s1. The van der Waals surface area contributed by atoms with Gasteiger partial charge in [0, 0.05) is 9.13 Å². The molecule has 0 aliphatic carbocycles. The number of ether oxygens (including phenoxy) is 2. The molecule has 0 radical (unpaired) electrons. The van der Waals surface area contributed by atoms with Crippen molar-refractivity contribution in [2.75, 3.05) is 0 Å². The Labute approximate surface area is 267 Å². The molecular formula is C35H32INO5S. The summed E-state index contributed by atoms with van der Waals surface area (Å²) in [4.78, 5) is 13.8. The maximum absolute atomic E-state index is 13.8. The van der Waals surface area contributed by atoms with Crippen LogP contribution in [0.2, 0.25) is 0 Å². The number of rotatable bonds is 7. The van der Waals surface area contributed by atoms with Crippen molar-refractivity contribution in [3.05, 3.63) is 134 Å². The molecule has 4 rings (SSSR count). The van der Waals surface area contributed by atoms with Crippen molar-refractivity contribution >= 4 is 44.5 Å². The largest absolute Gasteiger partial charge is 0.451 e. The van der Waals surface area contributed by atoms with Crippen LogP contribution in [0.25, 0.3) is 0 Å². The summed E-state index contributed by atoms with van der Waals surface area (Å²) in [6.45, 7) is 8.90. The van der Waals surface area contributed by atoms with E-state index in [0.29, 0.717) is 25.8 Å². The van der Waals surface area contributed by atoms with E-state index in [-0.39, 0.29) is 10.8 Å². The minimum absolute atomic E-state index is 0.0878. The highest BCUT2D eigenvalue weighted by Gasteiger charge is 2.32. The van der Waals surface area contributed by atoms with Crippen LogP contribution in [0.5, 0.6) is 0 Å². The Morgan fingerprint density at radius 1 is 0.860 bits per heavy atom. The fourth-order valence-electron chi connectivity index (χ4n) is 4.62. The van der Waals surface area contributed by atoms with Crippen molar-refractivity contribution in [3.8, 4) is 11.8 Å². The molecule has 6 nitrogen and oxygen atoms in total. The van der Waals surface area contributed by atoms with Crippen molar-refractivity contribution in [1.82, 2.24) is 0 Å². The van der Waals surface area contributed by atoms with Crippen LogP contribution in [-0.2, 0) is 29.9 Å². The van der Waals surface area contributed by atoms with E-state index in [1.807, 2.05) is 61.5 Å². The average Bonchev–Trinajstić information content (AvgIpc) is 2.95. The van der Waals surface area contributed by atoms with E-state index in [9.17, 15) is 13.2 Å². The molecule has 0 saturated carbocycles. The zero-order valence-electron chi connectivity index (χ0n) is 24.6. The van der Waals surface area contributed by atoms with Gasteiger partial charge in [0.15, 0.2) is 0 Å². The lowest BCUT2D eigenvalue weighted by atomic mass is 9.98. The Morgan fingerprint density at radius 2 is 1.42 bits per heavy atom. The lowest BCUT2D eigenvalue weighted by Gasteiger charge is -2.27. The second kappa shape index (κ2) is 13.6. The van der Waals surface area contributed by atoms with Gasteiger partial charge in [-0.2, -0.15) is 8.42 Å². The number of nitrogens with zero attached hydrogens (tertiary/aromatic N) is 1. The first kappa shape index (κ1) is 32.0. The van der Waals surface area contributed by atoms with E-state index in [4.69, 9.17) is 9.47 Å². The minimum Gasteiger partial charge on any atom is -0.451 e. The van der Waals surface area contributed by atoms with Crippen LogP contribution in [0.3, 0.4) is 0 Å². The van der Waals surface area contributed by atoms with Gasteiger partial charge in [-0.05, 0) is 104 Å². The summed E-state index contributed by atoms with van der Waals surface area (Å²) in [6, 6.07) is 29.0. The smallest absolute Gasteiger partial charge is 0.361 e. The van der Waals surface area contributed by atoms with Crippen molar-refractivity contribution in [1.29, 1.82) is 0 Å². The van der Waals surface area contributed by atoms with Gasteiger partial charge < -0.3 is 9.47 Å². The van der Waals surface area contributed by atoms with Gasteiger partial charge in [0.2, 0.25) is 5.90 Å². The first-order valence-corrected chi connectivity index (χ1v) is 16.1. The Kier molecular flexibility index (Phi) is 10.1. The third kappa shape index (κ3) is 8.12. The number of aryl methyl sites for hydroxylation is 3. The van der Waals surface area contributed by atoms with Crippen LogP contribution in [0.15, 0.2) is 106 Å². The fraction of sp³-hybridized carbons (Fsp3) is 0.200. The Morgan fingerprint density at radius 3 is 2.02 bits per heavy atom. The summed E-state index contributed by atoms with van der Waals surface area (Å²) in [6.07, 6.45) is -1.49. The average molecular weight is 706 g/mol. The zero-order valence-corrected chi connectivity index (χ0v) is 27.6. The van der Waals surface area contributed by atoms with E-state index in [2.05, 4.69) is 38.8 Å². The predicted molar refractivity (Wildman–Crippen MR) is 177 cm³/mol. The van der Waals surface area contributed by atoms with Gasteiger partial charge in [0.05, 0.1) is 10.5 Å². The fourth-order valence-corrected chi connectivity index (χ4v) is 6.62.